The fourth-order valence-corrected chi connectivity index (χ4v) is 4.18. The molecule has 8 nitrogen and oxygen atoms in total. The summed E-state index contributed by atoms with van der Waals surface area (Å²) in [6.07, 6.45) is 1.36. The number of benzene rings is 2. The Labute approximate surface area is 221 Å². The number of aromatic nitrogens is 1. The summed E-state index contributed by atoms with van der Waals surface area (Å²) in [5.41, 5.74) is 6.26. The van der Waals surface area contributed by atoms with Crippen LogP contribution in [0.2, 0.25) is 5.02 Å². The summed E-state index contributed by atoms with van der Waals surface area (Å²) in [4.78, 5) is 12.4. The van der Waals surface area contributed by atoms with Gasteiger partial charge in [0.1, 0.15) is 23.1 Å². The Bertz CT molecular complexity index is 1410. The number of hydrogen-bond donors (Lipinski definition) is 2. The van der Waals surface area contributed by atoms with Crippen molar-refractivity contribution in [2.45, 2.75) is 20.5 Å². The number of methoxy groups -OCH3 is 1. The number of carbonyl (C=O) groups is 1. The number of hydrogen-bond acceptors (Lipinski definition) is 6. The summed E-state index contributed by atoms with van der Waals surface area (Å²) in [6, 6.07) is 16.7. The van der Waals surface area contributed by atoms with Crippen LogP contribution in [0.5, 0.6) is 17.2 Å². The first-order chi connectivity index (χ1) is 17.3. The molecular weight excluding hydrogens is 550 g/mol. The highest BCUT2D eigenvalue weighted by atomic mass is 79.9. The number of aromatic hydroxyl groups is 1. The quantitative estimate of drug-likeness (QED) is 0.195. The number of hydrazone groups is 1. The number of rotatable bonds is 8. The van der Waals surface area contributed by atoms with Crippen molar-refractivity contribution in [1.29, 1.82) is 0 Å². The van der Waals surface area contributed by atoms with Crippen molar-refractivity contribution in [3.63, 3.8) is 0 Å². The fraction of sp³-hybridized carbons (Fsp3) is 0.154. The van der Waals surface area contributed by atoms with Crippen molar-refractivity contribution >= 4 is 39.7 Å². The molecule has 2 N–H and O–H groups in total. The molecule has 4 rings (SSSR count). The highest BCUT2D eigenvalue weighted by Crippen LogP contribution is 2.40. The van der Waals surface area contributed by atoms with E-state index in [1.807, 2.05) is 24.3 Å². The van der Waals surface area contributed by atoms with Gasteiger partial charge in [0.2, 0.25) is 0 Å². The summed E-state index contributed by atoms with van der Waals surface area (Å²) in [7, 11) is 1.40. The number of furan rings is 1. The first kappa shape index (κ1) is 25.4. The van der Waals surface area contributed by atoms with E-state index >= 15 is 0 Å². The summed E-state index contributed by atoms with van der Waals surface area (Å²) in [6.45, 7) is 4.29. The van der Waals surface area contributed by atoms with Crippen LogP contribution in [-0.4, -0.2) is 28.9 Å². The summed E-state index contributed by atoms with van der Waals surface area (Å²) >= 11 is 9.35. The van der Waals surface area contributed by atoms with Gasteiger partial charge in [-0.3, -0.25) is 4.79 Å². The molecule has 0 spiro atoms. The number of aryl methyl sites for hydroxylation is 2. The molecule has 0 aliphatic carbocycles. The van der Waals surface area contributed by atoms with Crippen LogP contribution in [0.3, 0.4) is 0 Å². The van der Waals surface area contributed by atoms with Crippen LogP contribution in [0.25, 0.3) is 5.69 Å². The monoisotopic (exact) mass is 571 g/mol. The van der Waals surface area contributed by atoms with E-state index in [1.165, 1.54) is 19.4 Å². The second-order valence-electron chi connectivity index (χ2n) is 7.84. The van der Waals surface area contributed by atoms with Crippen molar-refractivity contribution in [1.82, 2.24) is 9.99 Å². The molecule has 0 unspecified atom stereocenters. The highest BCUT2D eigenvalue weighted by molar-refractivity contribution is 9.10. The Morgan fingerprint density at radius 3 is 2.53 bits per heavy atom. The van der Waals surface area contributed by atoms with Gasteiger partial charge in [0, 0.05) is 27.1 Å². The second kappa shape index (κ2) is 10.9. The molecule has 4 aromatic rings. The van der Waals surface area contributed by atoms with Gasteiger partial charge in [-0.25, -0.2) is 5.43 Å². The first-order valence-electron chi connectivity index (χ1n) is 10.8. The third-order valence-electron chi connectivity index (χ3n) is 5.40. The van der Waals surface area contributed by atoms with Crippen molar-refractivity contribution < 1.29 is 23.8 Å². The zero-order chi connectivity index (χ0) is 25.8. The number of nitrogens with one attached hydrogen (secondary N) is 1. The van der Waals surface area contributed by atoms with Gasteiger partial charge in [-0.05, 0) is 84.4 Å². The van der Waals surface area contributed by atoms with Crippen molar-refractivity contribution in [3.05, 3.63) is 92.6 Å². The fourth-order valence-electron chi connectivity index (χ4n) is 3.58. The standard InChI is InChI=1S/C26H23BrClN3O5/c1-15-4-5-16(2)31(15)18-6-8-19(9-7-18)35-14-20-10-11-21(36-20)26(33)30-29-13-17-12-22(34-3)25(32)24(28)23(17)27/h4-13,32H,14H2,1-3H3,(H,30,33)/b29-13+. The molecular formula is C26H23BrClN3O5. The predicted octanol–water partition coefficient (Wildman–Crippen LogP) is 6.16. The minimum atomic E-state index is -0.535. The Balaban J connectivity index is 1.34. The van der Waals surface area contributed by atoms with Crippen molar-refractivity contribution in [2.24, 2.45) is 5.10 Å². The number of carbonyl (C=O) groups excluding carboxylic acids is 1. The molecule has 2 heterocycles. The van der Waals surface area contributed by atoms with Gasteiger partial charge in [0.25, 0.3) is 0 Å². The van der Waals surface area contributed by atoms with Crippen LogP contribution >= 0.6 is 27.5 Å². The molecule has 10 heteroatoms. The third kappa shape index (κ3) is 5.42. The molecule has 0 bridgehead atoms. The van der Waals surface area contributed by atoms with Gasteiger partial charge in [0.15, 0.2) is 17.3 Å². The van der Waals surface area contributed by atoms with Crippen LogP contribution in [0.4, 0.5) is 0 Å². The van der Waals surface area contributed by atoms with E-state index in [4.69, 9.17) is 25.5 Å². The normalized spacial score (nSPS) is 11.1. The van der Waals surface area contributed by atoms with Gasteiger partial charge in [-0.15, -0.1) is 0 Å². The summed E-state index contributed by atoms with van der Waals surface area (Å²) in [5, 5.41) is 13.9. The maximum Gasteiger partial charge on any atom is 0.307 e. The predicted molar refractivity (Wildman–Crippen MR) is 141 cm³/mol. The molecule has 0 aliphatic heterocycles. The number of halogens is 2. The van der Waals surface area contributed by atoms with E-state index in [1.54, 1.807) is 12.1 Å². The maximum absolute atomic E-state index is 12.4. The Morgan fingerprint density at radius 1 is 1.17 bits per heavy atom. The van der Waals surface area contributed by atoms with Gasteiger partial charge < -0.3 is 23.6 Å². The van der Waals surface area contributed by atoms with Gasteiger partial charge >= 0.3 is 5.91 Å². The molecule has 0 radical (unpaired) electrons. The van der Waals surface area contributed by atoms with E-state index in [-0.39, 0.29) is 28.9 Å². The number of amides is 1. The van der Waals surface area contributed by atoms with E-state index in [0.29, 0.717) is 21.5 Å². The minimum absolute atomic E-state index is 0.0717. The van der Waals surface area contributed by atoms with Crippen LogP contribution in [0.15, 0.2) is 68.6 Å². The van der Waals surface area contributed by atoms with Crippen LogP contribution in [0.1, 0.15) is 33.3 Å². The van der Waals surface area contributed by atoms with Crippen molar-refractivity contribution in [3.8, 4) is 22.9 Å². The van der Waals surface area contributed by atoms with Gasteiger partial charge in [-0.1, -0.05) is 11.6 Å². The smallest absolute Gasteiger partial charge is 0.307 e. The molecule has 2 aromatic heterocycles. The molecule has 1 amide bonds. The molecule has 0 saturated carbocycles. The second-order valence-corrected chi connectivity index (χ2v) is 9.01. The number of nitrogens with zero attached hydrogens (tertiary/aromatic N) is 2. The number of phenolic OH excluding ortho intramolecular Hbond substituents is 1. The lowest BCUT2D eigenvalue weighted by Crippen LogP contribution is -2.16. The molecule has 0 atom stereocenters. The average Bonchev–Trinajstić information content (AvgIpc) is 3.49. The molecule has 0 aliphatic rings. The lowest BCUT2D eigenvalue weighted by molar-refractivity contribution is 0.0923. The number of phenols is 1. The lowest BCUT2D eigenvalue weighted by atomic mass is 10.2. The zero-order valence-corrected chi connectivity index (χ0v) is 22.1. The van der Waals surface area contributed by atoms with Crippen molar-refractivity contribution in [2.75, 3.05) is 7.11 Å². The number of ether oxygens (including phenoxy) is 2. The third-order valence-corrected chi connectivity index (χ3v) is 6.85. The van der Waals surface area contributed by atoms with E-state index in [0.717, 1.165) is 17.1 Å². The van der Waals surface area contributed by atoms with E-state index in [9.17, 15) is 9.90 Å². The molecule has 0 fully saturated rings. The Kier molecular flexibility index (Phi) is 7.71. The highest BCUT2D eigenvalue weighted by Gasteiger charge is 2.15. The lowest BCUT2D eigenvalue weighted by Gasteiger charge is -2.10. The van der Waals surface area contributed by atoms with E-state index < -0.39 is 5.91 Å². The van der Waals surface area contributed by atoms with Crippen LogP contribution < -0.4 is 14.9 Å². The first-order valence-corrected chi connectivity index (χ1v) is 12.0. The SMILES string of the molecule is COc1cc(/C=N/NC(=O)c2ccc(COc3ccc(-n4c(C)ccc4C)cc3)o2)c(Br)c(Cl)c1O. The van der Waals surface area contributed by atoms with E-state index in [2.05, 4.69) is 57.0 Å². The Morgan fingerprint density at radius 2 is 1.86 bits per heavy atom. The van der Waals surface area contributed by atoms with Crippen LogP contribution in [-0.2, 0) is 6.61 Å². The minimum Gasteiger partial charge on any atom is -0.503 e. The Hall–Kier alpha value is -3.69. The zero-order valence-electron chi connectivity index (χ0n) is 19.7. The molecule has 186 valence electrons. The maximum atomic E-state index is 12.4. The van der Waals surface area contributed by atoms with Crippen LogP contribution in [0, 0.1) is 13.8 Å². The molecule has 0 saturated heterocycles. The van der Waals surface area contributed by atoms with Gasteiger partial charge in [-0.2, -0.15) is 5.10 Å². The molecule has 36 heavy (non-hydrogen) atoms. The average molecular weight is 573 g/mol. The van der Waals surface area contributed by atoms with Gasteiger partial charge in [0.05, 0.1) is 13.3 Å². The summed E-state index contributed by atoms with van der Waals surface area (Å²) in [5.74, 6) is 0.702. The largest absolute Gasteiger partial charge is 0.503 e. The molecule has 2 aromatic carbocycles. The summed E-state index contributed by atoms with van der Waals surface area (Å²) < 4.78 is 19.0. The topological polar surface area (TPSA) is 98.2 Å².